The van der Waals surface area contributed by atoms with Gasteiger partial charge in [0.1, 0.15) is 30.0 Å². The smallest absolute Gasteiger partial charge is 0.326 e. The van der Waals surface area contributed by atoms with Crippen LogP contribution in [0.5, 0.6) is 0 Å². The normalized spacial score (nSPS) is 13.0. The molecule has 0 aromatic carbocycles. The number of nitrogens with two attached hydrogens (primary N) is 1. The molecular formula is C53H90N10O15S. The topological polar surface area (TPSA) is 392 Å². The molecular weight excluding hydrogens is 1050 g/mol. The van der Waals surface area contributed by atoms with E-state index in [1.807, 2.05) is 0 Å². The van der Waals surface area contributed by atoms with Crippen LogP contribution < -0.4 is 21.1 Å². The molecule has 0 fully saturated rings. The molecule has 0 aliphatic rings. The van der Waals surface area contributed by atoms with E-state index in [1.165, 1.54) is 58.2 Å². The van der Waals surface area contributed by atoms with Crippen molar-refractivity contribution >= 4 is 62.8 Å². The van der Waals surface area contributed by atoms with Crippen LogP contribution in [0.1, 0.15) is 193 Å². The summed E-state index contributed by atoms with van der Waals surface area (Å²) >= 11 is 0. The maximum Gasteiger partial charge on any atom is 0.326 e. The van der Waals surface area contributed by atoms with Crippen molar-refractivity contribution in [3.63, 3.8) is 0 Å². The van der Waals surface area contributed by atoms with Crippen LogP contribution in [0.15, 0.2) is 12.5 Å². The molecule has 0 aliphatic heterocycles. The summed E-state index contributed by atoms with van der Waals surface area (Å²) in [7, 11) is -3.85. The van der Waals surface area contributed by atoms with Gasteiger partial charge in [-0.25, -0.2) is 18.2 Å². The summed E-state index contributed by atoms with van der Waals surface area (Å²) in [6.07, 6.45) is 19.3. The number of nitrogens with zero attached hydrogens (tertiary/aromatic N) is 4. The summed E-state index contributed by atoms with van der Waals surface area (Å²) in [5.74, 6) is -6.83. The summed E-state index contributed by atoms with van der Waals surface area (Å²) in [6, 6.07) is -2.23. The van der Waals surface area contributed by atoms with Crippen molar-refractivity contribution in [3.8, 4) is 0 Å². The number of imidazole rings is 1. The summed E-state index contributed by atoms with van der Waals surface area (Å²) in [5.41, 5.74) is 6.73. The minimum Gasteiger partial charge on any atom is -0.481 e. The minimum absolute atomic E-state index is 0. The van der Waals surface area contributed by atoms with Gasteiger partial charge >= 0.3 is 11.9 Å². The van der Waals surface area contributed by atoms with Crippen molar-refractivity contribution in [1.82, 2.24) is 45.9 Å². The van der Waals surface area contributed by atoms with Crippen LogP contribution in [0.2, 0.25) is 0 Å². The van der Waals surface area contributed by atoms with E-state index in [2.05, 4.69) is 45.9 Å². The van der Waals surface area contributed by atoms with E-state index < -0.39 is 82.4 Å². The molecule has 0 spiro atoms. The Morgan fingerprint density at radius 3 is 1.95 bits per heavy atom. The number of amides is 3. The number of aromatic nitrogens is 6. The van der Waals surface area contributed by atoms with Gasteiger partial charge in [-0.05, 0) is 58.3 Å². The second-order valence-corrected chi connectivity index (χ2v) is 22.0. The SMILES string of the molecule is CC(=O)[C@H](CCCCNC(=O)CC[C@H](CC(=O)CC[C@H](NC(=O)COCCOCCCC(=O)CCCS(=O)(=O)NC(=O)CCCCCCCCCCCCCCCc1nn[nH]n1)C(=O)O)C(=O)O)CC(=O)[C@@H](N)Cc1cnc[nH]1.[HH]. The highest BCUT2D eigenvalue weighted by molar-refractivity contribution is 7.90. The number of aryl methyl sites for hydroxylation is 1. The van der Waals surface area contributed by atoms with Crippen LogP contribution >= 0.6 is 0 Å². The minimum atomic E-state index is -3.85. The molecule has 0 bridgehead atoms. The molecule has 79 heavy (non-hydrogen) atoms. The van der Waals surface area contributed by atoms with Crippen molar-refractivity contribution < 1.29 is 72.7 Å². The van der Waals surface area contributed by atoms with Crippen LogP contribution in [-0.2, 0) is 75.5 Å². The van der Waals surface area contributed by atoms with Gasteiger partial charge in [0.2, 0.25) is 27.7 Å². The number of hydrogen-bond donors (Lipinski definition) is 8. The molecule has 2 aromatic rings. The Bertz CT molecular complexity index is 2220. The number of carbonyl (C=O) groups excluding carboxylic acids is 7. The third kappa shape index (κ3) is 36.1. The standard InChI is InChI=1S/C53H88N10O15S.H2/c1-39(64)40(34-47(67)45(54)35-42-36-55-38-57-42)19-15-16-28-56-49(68)27-24-41(52(71)72)33-44(66)25-26-46(53(73)74)58-51(70)37-78-31-30-77-29-17-20-43(65)21-18-32-79(75,76)61-50(69)23-14-12-10-8-6-4-2-3-5-7-9-11-13-22-48-59-62-63-60-48;/h36,38,40-41,45-46H,2-35,37,54H2,1H3,(H,55,57)(H,56,68)(H,58,70)(H,61,69)(H,71,72)(H,73,74)(H,59,60,62,63);1H/t40-,41-,45+,46+;/m1./s1. The highest BCUT2D eigenvalue weighted by atomic mass is 32.2. The van der Waals surface area contributed by atoms with Crippen molar-refractivity contribution in [2.24, 2.45) is 17.6 Å². The molecule has 0 saturated heterocycles. The zero-order valence-corrected chi connectivity index (χ0v) is 47.0. The number of sulfonamides is 1. The number of rotatable bonds is 52. The van der Waals surface area contributed by atoms with Gasteiger partial charge in [-0.2, -0.15) is 5.21 Å². The Morgan fingerprint density at radius 2 is 1.33 bits per heavy atom. The lowest BCUT2D eigenvalue weighted by Gasteiger charge is -2.16. The Labute approximate surface area is 465 Å². The highest BCUT2D eigenvalue weighted by Crippen LogP contribution is 2.18. The lowest BCUT2D eigenvalue weighted by Crippen LogP contribution is -2.42. The van der Waals surface area contributed by atoms with E-state index in [4.69, 9.17) is 15.2 Å². The fraction of sp³-hybridized carbons (Fsp3) is 0.755. The monoisotopic (exact) mass is 1140 g/mol. The molecule has 0 aliphatic carbocycles. The van der Waals surface area contributed by atoms with Crippen LogP contribution in [0.4, 0.5) is 0 Å². The average Bonchev–Trinajstić information content (AvgIpc) is 4.12. The quantitative estimate of drug-likeness (QED) is 0.0420. The second-order valence-electron chi connectivity index (χ2n) is 20.2. The van der Waals surface area contributed by atoms with E-state index >= 15 is 0 Å². The Hall–Kier alpha value is -5.86. The second kappa shape index (κ2) is 42.1. The Morgan fingerprint density at radius 1 is 0.671 bits per heavy atom. The van der Waals surface area contributed by atoms with Gasteiger partial charge in [0, 0.05) is 90.2 Å². The van der Waals surface area contributed by atoms with Gasteiger partial charge in [0.05, 0.1) is 37.3 Å². The number of ether oxygens (including phenoxy) is 2. The molecule has 0 radical (unpaired) electrons. The van der Waals surface area contributed by atoms with Crippen LogP contribution in [0, 0.1) is 11.8 Å². The highest BCUT2D eigenvalue weighted by Gasteiger charge is 2.26. The number of carboxylic acid groups (broad SMARTS) is 2. The first kappa shape index (κ1) is 69.2. The number of ketones is 4. The van der Waals surface area contributed by atoms with Gasteiger partial charge in [-0.3, -0.25) is 43.1 Å². The predicted octanol–water partition coefficient (Wildman–Crippen LogP) is 4.59. The predicted molar refractivity (Wildman–Crippen MR) is 291 cm³/mol. The summed E-state index contributed by atoms with van der Waals surface area (Å²) in [6.45, 7) is 1.38. The van der Waals surface area contributed by atoms with Crippen LogP contribution in [-0.4, -0.2) is 153 Å². The fourth-order valence-corrected chi connectivity index (χ4v) is 9.71. The third-order valence-corrected chi connectivity index (χ3v) is 14.7. The van der Waals surface area contributed by atoms with Crippen molar-refractivity contribution in [1.29, 1.82) is 0 Å². The van der Waals surface area contributed by atoms with E-state index in [0.29, 0.717) is 37.8 Å². The molecule has 26 heteroatoms. The maximum absolute atomic E-state index is 12.7. The molecule has 2 heterocycles. The third-order valence-electron chi connectivity index (χ3n) is 13.3. The first-order chi connectivity index (χ1) is 37.8. The molecule has 0 saturated carbocycles. The fourth-order valence-electron chi connectivity index (χ4n) is 8.63. The summed E-state index contributed by atoms with van der Waals surface area (Å²) < 4.78 is 37.5. The lowest BCUT2D eigenvalue weighted by molar-refractivity contribution is -0.145. The first-order valence-electron chi connectivity index (χ1n) is 28.1. The first-order valence-corrected chi connectivity index (χ1v) is 29.7. The molecule has 2 aromatic heterocycles. The number of carboxylic acids is 2. The molecule has 0 unspecified atom stereocenters. The van der Waals surface area contributed by atoms with E-state index in [0.717, 1.165) is 44.3 Å². The number of nitrogens with one attached hydrogen (secondary N) is 5. The van der Waals surface area contributed by atoms with Gasteiger partial charge in [0.25, 0.3) is 0 Å². The zero-order valence-electron chi connectivity index (χ0n) is 46.2. The number of carbonyl (C=O) groups is 9. The van der Waals surface area contributed by atoms with Crippen molar-refractivity contribution in [3.05, 3.63) is 24.0 Å². The van der Waals surface area contributed by atoms with Crippen LogP contribution in [0.3, 0.4) is 0 Å². The number of Topliss-reactive ketones (excluding diaryl/α,β-unsaturated/α-hetero) is 4. The summed E-state index contributed by atoms with van der Waals surface area (Å²) in [5, 5.41) is 38.2. The molecule has 25 nitrogen and oxygen atoms in total. The Kier molecular flexibility index (Phi) is 36.9. The van der Waals surface area contributed by atoms with Gasteiger partial charge in [0.15, 0.2) is 11.6 Å². The van der Waals surface area contributed by atoms with Gasteiger partial charge in [-0.1, -0.05) is 82.3 Å². The Balaban J connectivity index is 0.0000320. The number of aromatic amines is 2. The number of aliphatic carboxylic acids is 2. The largest absolute Gasteiger partial charge is 0.481 e. The number of unbranched alkanes of at least 4 members (excludes halogenated alkanes) is 13. The van der Waals surface area contributed by atoms with E-state index in [-0.39, 0.29) is 115 Å². The van der Waals surface area contributed by atoms with Crippen molar-refractivity contribution in [2.45, 2.75) is 205 Å². The zero-order chi connectivity index (χ0) is 58.1. The number of H-pyrrole nitrogens is 2. The average molecular weight is 1140 g/mol. The molecule has 2 rings (SSSR count). The number of hydrogen-bond acceptors (Lipinski definition) is 18. The molecule has 3 amide bonds. The number of tetrazole rings is 1. The molecule has 9 N–H and O–H groups in total. The van der Waals surface area contributed by atoms with E-state index in [1.54, 1.807) is 6.20 Å². The van der Waals surface area contributed by atoms with Gasteiger partial charge in [-0.15, -0.1) is 10.2 Å². The maximum atomic E-state index is 12.7. The van der Waals surface area contributed by atoms with Crippen LogP contribution in [0.25, 0.3) is 0 Å². The summed E-state index contributed by atoms with van der Waals surface area (Å²) in [4.78, 5) is 117. The molecule has 4 atom stereocenters. The van der Waals surface area contributed by atoms with Gasteiger partial charge < -0.3 is 41.0 Å². The molecule has 448 valence electrons. The lowest BCUT2D eigenvalue weighted by atomic mass is 9.90. The van der Waals surface area contributed by atoms with E-state index in [9.17, 15) is 61.8 Å². The van der Waals surface area contributed by atoms with Crippen molar-refractivity contribution in [2.75, 3.05) is 38.7 Å².